The molecule has 0 aliphatic rings. The molecule has 0 radical (unpaired) electrons. The Hall–Kier alpha value is -0.840. The molecule has 3 N–H and O–H groups in total. The van der Waals surface area contributed by atoms with Crippen molar-refractivity contribution in [3.05, 3.63) is 28.8 Å². The number of rotatable bonds is 4. The van der Waals surface area contributed by atoms with E-state index < -0.39 is 5.60 Å². The van der Waals surface area contributed by atoms with E-state index in [2.05, 4.69) is 0 Å². The van der Waals surface area contributed by atoms with Gasteiger partial charge in [0.15, 0.2) is 0 Å². The SMILES string of the molecule is CN(CC(C)(C)O)c1cccc(Cl)c1C(N)=S. The summed E-state index contributed by atoms with van der Waals surface area (Å²) in [6, 6.07) is 5.46. The Labute approximate surface area is 112 Å². The fraction of sp³-hybridized carbons (Fsp3) is 0.417. The van der Waals surface area contributed by atoms with Gasteiger partial charge in [0.05, 0.1) is 16.2 Å². The third-order valence-electron chi connectivity index (χ3n) is 2.27. The predicted molar refractivity (Wildman–Crippen MR) is 76.9 cm³/mol. The molecular weight excluding hydrogens is 256 g/mol. The lowest BCUT2D eigenvalue weighted by atomic mass is 10.1. The van der Waals surface area contributed by atoms with Gasteiger partial charge in [-0.15, -0.1) is 0 Å². The Morgan fingerprint density at radius 1 is 1.53 bits per heavy atom. The van der Waals surface area contributed by atoms with E-state index in [1.807, 2.05) is 24.1 Å². The number of halogens is 1. The van der Waals surface area contributed by atoms with E-state index in [0.717, 1.165) is 5.69 Å². The first-order valence-corrected chi connectivity index (χ1v) is 6.03. The average molecular weight is 273 g/mol. The molecule has 0 aliphatic heterocycles. The Morgan fingerprint density at radius 2 is 2.12 bits per heavy atom. The van der Waals surface area contributed by atoms with Crippen molar-refractivity contribution in [2.45, 2.75) is 19.4 Å². The van der Waals surface area contributed by atoms with E-state index in [1.165, 1.54) is 0 Å². The van der Waals surface area contributed by atoms with Gasteiger partial charge in [-0.2, -0.15) is 0 Å². The van der Waals surface area contributed by atoms with E-state index in [0.29, 0.717) is 17.1 Å². The van der Waals surface area contributed by atoms with Gasteiger partial charge >= 0.3 is 0 Å². The number of aliphatic hydroxyl groups is 1. The normalized spacial score (nSPS) is 11.4. The average Bonchev–Trinajstić information content (AvgIpc) is 2.13. The standard InChI is InChI=1S/C12H17ClN2OS/c1-12(2,16)7-15(3)9-6-4-5-8(13)10(9)11(14)17/h4-6,16H,7H2,1-3H3,(H2,14,17). The number of anilines is 1. The van der Waals surface area contributed by atoms with Gasteiger partial charge in [-0.1, -0.05) is 29.9 Å². The van der Waals surface area contributed by atoms with Gasteiger partial charge in [0, 0.05) is 19.3 Å². The van der Waals surface area contributed by atoms with Gasteiger partial charge < -0.3 is 15.7 Å². The molecule has 1 rings (SSSR count). The van der Waals surface area contributed by atoms with Crippen molar-refractivity contribution in [1.82, 2.24) is 0 Å². The molecule has 0 heterocycles. The number of thiocarbonyl (C=S) groups is 1. The molecule has 1 aromatic carbocycles. The maximum Gasteiger partial charge on any atom is 0.107 e. The quantitative estimate of drug-likeness (QED) is 0.825. The third-order valence-corrected chi connectivity index (χ3v) is 2.79. The highest BCUT2D eigenvalue weighted by Gasteiger charge is 2.19. The highest BCUT2D eigenvalue weighted by atomic mass is 35.5. The zero-order valence-electron chi connectivity index (χ0n) is 10.2. The molecule has 94 valence electrons. The van der Waals surface area contributed by atoms with Crippen molar-refractivity contribution >= 4 is 34.5 Å². The number of nitrogens with two attached hydrogens (primary N) is 1. The van der Waals surface area contributed by atoms with Crippen LogP contribution in [0.1, 0.15) is 19.4 Å². The van der Waals surface area contributed by atoms with Crippen molar-refractivity contribution in [1.29, 1.82) is 0 Å². The predicted octanol–water partition coefficient (Wildman–Crippen LogP) is 2.18. The second kappa shape index (κ2) is 5.21. The highest BCUT2D eigenvalue weighted by molar-refractivity contribution is 7.80. The van der Waals surface area contributed by atoms with Crippen LogP contribution in [-0.4, -0.2) is 29.3 Å². The van der Waals surface area contributed by atoms with Gasteiger partial charge in [-0.05, 0) is 26.0 Å². The summed E-state index contributed by atoms with van der Waals surface area (Å²) in [5.41, 5.74) is 6.35. The van der Waals surface area contributed by atoms with Gasteiger partial charge in [-0.25, -0.2) is 0 Å². The molecule has 1 aromatic rings. The van der Waals surface area contributed by atoms with Crippen molar-refractivity contribution in [2.75, 3.05) is 18.5 Å². The largest absolute Gasteiger partial charge is 0.389 e. The first-order chi connectivity index (χ1) is 7.72. The third kappa shape index (κ3) is 3.84. The topological polar surface area (TPSA) is 49.5 Å². The summed E-state index contributed by atoms with van der Waals surface area (Å²) in [5.74, 6) is 0. The number of benzene rings is 1. The maximum absolute atomic E-state index is 9.81. The number of nitrogens with zero attached hydrogens (tertiary/aromatic N) is 1. The van der Waals surface area contributed by atoms with Crippen LogP contribution in [0.15, 0.2) is 18.2 Å². The number of likely N-dealkylation sites (N-methyl/N-ethyl adjacent to an activating group) is 1. The Morgan fingerprint density at radius 3 is 2.59 bits per heavy atom. The highest BCUT2D eigenvalue weighted by Crippen LogP contribution is 2.27. The monoisotopic (exact) mass is 272 g/mol. The molecule has 0 spiro atoms. The Kier molecular flexibility index (Phi) is 4.36. The van der Waals surface area contributed by atoms with E-state index in [-0.39, 0.29) is 4.99 Å². The first kappa shape index (κ1) is 14.2. The molecule has 0 amide bonds. The number of hydrogen-bond acceptors (Lipinski definition) is 3. The van der Waals surface area contributed by atoms with E-state index >= 15 is 0 Å². The summed E-state index contributed by atoms with van der Waals surface area (Å²) in [7, 11) is 1.87. The molecule has 5 heteroatoms. The lowest BCUT2D eigenvalue weighted by Gasteiger charge is -2.29. The molecule has 0 aliphatic carbocycles. The molecule has 0 bridgehead atoms. The minimum absolute atomic E-state index is 0.258. The Balaban J connectivity index is 3.13. The molecule has 0 aromatic heterocycles. The molecule has 0 saturated heterocycles. The van der Waals surface area contributed by atoms with Gasteiger partial charge in [0.2, 0.25) is 0 Å². The smallest absolute Gasteiger partial charge is 0.107 e. The van der Waals surface area contributed by atoms with Crippen LogP contribution < -0.4 is 10.6 Å². The summed E-state index contributed by atoms with van der Waals surface area (Å²) in [5, 5.41) is 10.3. The van der Waals surface area contributed by atoms with Gasteiger partial charge in [-0.3, -0.25) is 0 Å². The van der Waals surface area contributed by atoms with E-state index in [1.54, 1.807) is 19.9 Å². The summed E-state index contributed by atoms with van der Waals surface area (Å²) in [6.45, 7) is 3.95. The first-order valence-electron chi connectivity index (χ1n) is 5.24. The van der Waals surface area contributed by atoms with Crippen LogP contribution >= 0.6 is 23.8 Å². The van der Waals surface area contributed by atoms with E-state index in [9.17, 15) is 5.11 Å². The van der Waals surface area contributed by atoms with Crippen molar-refractivity contribution < 1.29 is 5.11 Å². The molecule has 0 saturated carbocycles. The van der Waals surface area contributed by atoms with Gasteiger partial charge in [0.25, 0.3) is 0 Å². The zero-order valence-corrected chi connectivity index (χ0v) is 11.8. The van der Waals surface area contributed by atoms with Crippen LogP contribution in [0.3, 0.4) is 0 Å². The minimum atomic E-state index is -0.801. The fourth-order valence-electron chi connectivity index (χ4n) is 1.74. The van der Waals surface area contributed by atoms with Crippen LogP contribution in [0.2, 0.25) is 5.02 Å². The molecule has 0 unspecified atom stereocenters. The van der Waals surface area contributed by atoms with Crippen LogP contribution in [0.5, 0.6) is 0 Å². The molecule has 0 fully saturated rings. The minimum Gasteiger partial charge on any atom is -0.389 e. The Bertz CT molecular complexity index is 429. The van der Waals surface area contributed by atoms with E-state index in [4.69, 9.17) is 29.6 Å². The van der Waals surface area contributed by atoms with Gasteiger partial charge in [0.1, 0.15) is 4.99 Å². The van der Waals surface area contributed by atoms with Crippen LogP contribution in [0.4, 0.5) is 5.69 Å². The van der Waals surface area contributed by atoms with Crippen LogP contribution in [0.25, 0.3) is 0 Å². The maximum atomic E-state index is 9.81. The molecule has 17 heavy (non-hydrogen) atoms. The summed E-state index contributed by atoms with van der Waals surface area (Å²) in [6.07, 6.45) is 0. The van der Waals surface area contributed by atoms with Crippen molar-refractivity contribution in [3.63, 3.8) is 0 Å². The molecule has 3 nitrogen and oxygen atoms in total. The van der Waals surface area contributed by atoms with Crippen molar-refractivity contribution in [3.8, 4) is 0 Å². The second-order valence-corrected chi connectivity index (χ2v) is 5.51. The summed E-state index contributed by atoms with van der Waals surface area (Å²) >= 11 is 11.1. The molecular formula is C12H17ClN2OS. The lowest BCUT2D eigenvalue weighted by Crippen LogP contribution is -2.37. The van der Waals surface area contributed by atoms with Crippen molar-refractivity contribution in [2.24, 2.45) is 5.73 Å². The summed E-state index contributed by atoms with van der Waals surface area (Å²) in [4.78, 5) is 2.15. The lowest BCUT2D eigenvalue weighted by molar-refractivity contribution is 0.0886. The second-order valence-electron chi connectivity index (χ2n) is 4.67. The molecule has 0 atom stereocenters. The van der Waals surface area contributed by atoms with Crippen LogP contribution in [-0.2, 0) is 0 Å². The zero-order chi connectivity index (χ0) is 13.2. The van der Waals surface area contributed by atoms with Crippen LogP contribution in [0, 0.1) is 0 Å². The summed E-state index contributed by atoms with van der Waals surface area (Å²) < 4.78 is 0. The number of hydrogen-bond donors (Lipinski definition) is 2. The fourth-order valence-corrected chi connectivity index (χ4v) is 2.28.